The van der Waals surface area contributed by atoms with Crippen LogP contribution < -0.4 is 4.90 Å². The fraction of sp³-hybridized carbons (Fsp3) is 0.120. The first-order valence-corrected chi connectivity index (χ1v) is 9.82. The van der Waals surface area contributed by atoms with E-state index in [0.29, 0.717) is 0 Å². The van der Waals surface area contributed by atoms with Gasteiger partial charge in [-0.25, -0.2) is 0 Å². The highest BCUT2D eigenvalue weighted by Gasteiger charge is 2.35. The number of aromatic nitrogens is 2. The number of anilines is 3. The van der Waals surface area contributed by atoms with Crippen LogP contribution in [0.4, 0.5) is 17.1 Å². The summed E-state index contributed by atoms with van der Waals surface area (Å²) < 4.78 is 0. The van der Waals surface area contributed by atoms with Gasteiger partial charge in [-0.3, -0.25) is 9.97 Å². The van der Waals surface area contributed by atoms with E-state index in [1.807, 2.05) is 18.5 Å². The van der Waals surface area contributed by atoms with Gasteiger partial charge in [-0.15, -0.1) is 0 Å². The van der Waals surface area contributed by atoms with Gasteiger partial charge < -0.3 is 4.90 Å². The number of rotatable bonds is 0. The summed E-state index contributed by atoms with van der Waals surface area (Å²) in [7, 11) is 0. The minimum Gasteiger partial charge on any atom is -0.306 e. The predicted molar refractivity (Wildman–Crippen MR) is 111 cm³/mol. The second-order valence-electron chi connectivity index (χ2n) is 7.85. The summed E-state index contributed by atoms with van der Waals surface area (Å²) in [6.45, 7) is 0. The first-order valence-electron chi connectivity index (χ1n) is 9.82. The lowest BCUT2D eigenvalue weighted by atomic mass is 9.87. The van der Waals surface area contributed by atoms with Crippen molar-refractivity contribution in [1.29, 1.82) is 0 Å². The molecule has 3 nitrogen and oxygen atoms in total. The van der Waals surface area contributed by atoms with Crippen LogP contribution in [0.25, 0.3) is 11.1 Å². The molecular weight excluding hydrogens is 342 g/mol. The zero-order valence-corrected chi connectivity index (χ0v) is 15.3. The van der Waals surface area contributed by atoms with Crippen LogP contribution in [-0.2, 0) is 19.3 Å². The fourth-order valence-electron chi connectivity index (χ4n) is 5.26. The number of benzene rings is 2. The zero-order chi connectivity index (χ0) is 18.2. The lowest BCUT2D eigenvalue weighted by molar-refractivity contribution is 0.936. The highest BCUT2D eigenvalue weighted by Crippen LogP contribution is 2.53. The Morgan fingerprint density at radius 1 is 0.643 bits per heavy atom. The topological polar surface area (TPSA) is 29.0 Å². The largest absolute Gasteiger partial charge is 0.306 e. The Hall–Kier alpha value is -3.46. The van der Waals surface area contributed by atoms with Gasteiger partial charge in [0, 0.05) is 25.2 Å². The van der Waals surface area contributed by atoms with Crippen molar-refractivity contribution in [1.82, 2.24) is 9.97 Å². The van der Waals surface area contributed by atoms with E-state index in [1.54, 1.807) is 0 Å². The molecule has 4 heterocycles. The van der Waals surface area contributed by atoms with E-state index in [1.165, 1.54) is 56.1 Å². The van der Waals surface area contributed by atoms with E-state index < -0.39 is 0 Å². The molecular formula is C25H17N3. The maximum absolute atomic E-state index is 4.80. The van der Waals surface area contributed by atoms with Gasteiger partial charge in [0.2, 0.25) is 0 Å². The Morgan fingerprint density at radius 2 is 1.57 bits per heavy atom. The van der Waals surface area contributed by atoms with Crippen LogP contribution in [0.1, 0.15) is 33.6 Å². The van der Waals surface area contributed by atoms with Gasteiger partial charge in [0.25, 0.3) is 0 Å². The fourth-order valence-corrected chi connectivity index (χ4v) is 5.26. The normalized spacial score (nSPS) is 14.6. The molecule has 2 aromatic carbocycles. The molecule has 28 heavy (non-hydrogen) atoms. The van der Waals surface area contributed by atoms with Crippen molar-refractivity contribution in [3.63, 3.8) is 0 Å². The van der Waals surface area contributed by atoms with Gasteiger partial charge in [0.05, 0.1) is 28.5 Å². The molecule has 0 spiro atoms. The third-order valence-corrected chi connectivity index (χ3v) is 6.40. The van der Waals surface area contributed by atoms with Gasteiger partial charge >= 0.3 is 0 Å². The van der Waals surface area contributed by atoms with Crippen molar-refractivity contribution >= 4 is 17.1 Å². The average Bonchev–Trinajstić information content (AvgIpc) is 3.12. The summed E-state index contributed by atoms with van der Waals surface area (Å²) in [4.78, 5) is 11.9. The van der Waals surface area contributed by atoms with E-state index in [2.05, 4.69) is 58.4 Å². The number of fused-ring (bicyclic) bond motifs is 8. The van der Waals surface area contributed by atoms with Crippen molar-refractivity contribution in [2.24, 2.45) is 0 Å². The SMILES string of the molecule is c1ccc2c(c1)Cc1ccc3c(c1-2)Cc1nccc2c1N3c1cccnc1C2. The van der Waals surface area contributed by atoms with Gasteiger partial charge in [-0.1, -0.05) is 30.3 Å². The molecule has 0 N–H and O–H groups in total. The summed E-state index contributed by atoms with van der Waals surface area (Å²) in [5.74, 6) is 0. The van der Waals surface area contributed by atoms with Crippen LogP contribution in [0.15, 0.2) is 67.0 Å². The maximum atomic E-state index is 4.80. The van der Waals surface area contributed by atoms with Crippen molar-refractivity contribution in [3.8, 4) is 11.1 Å². The molecule has 0 radical (unpaired) electrons. The Labute approximate surface area is 163 Å². The lowest BCUT2D eigenvalue weighted by Gasteiger charge is -2.38. The minimum atomic E-state index is 0.876. The molecule has 1 aliphatic carbocycles. The maximum Gasteiger partial charge on any atom is 0.0717 e. The molecule has 0 saturated carbocycles. The van der Waals surface area contributed by atoms with Gasteiger partial charge in [-0.05, 0) is 64.1 Å². The van der Waals surface area contributed by atoms with E-state index >= 15 is 0 Å². The van der Waals surface area contributed by atoms with Crippen LogP contribution in [0, 0.1) is 0 Å². The second kappa shape index (κ2) is 5.08. The number of hydrogen-bond acceptors (Lipinski definition) is 3. The number of nitrogens with zero attached hydrogens (tertiary/aromatic N) is 3. The van der Waals surface area contributed by atoms with Crippen LogP contribution in [0.5, 0.6) is 0 Å². The average molecular weight is 359 g/mol. The molecule has 0 bridgehead atoms. The second-order valence-corrected chi connectivity index (χ2v) is 7.85. The van der Waals surface area contributed by atoms with Crippen molar-refractivity contribution in [2.45, 2.75) is 19.3 Å². The third-order valence-electron chi connectivity index (χ3n) is 6.40. The van der Waals surface area contributed by atoms with Gasteiger partial charge in [-0.2, -0.15) is 0 Å². The summed E-state index contributed by atoms with van der Waals surface area (Å²) in [5, 5.41) is 0. The Bertz CT molecular complexity index is 1310. The number of hydrogen-bond donors (Lipinski definition) is 0. The van der Waals surface area contributed by atoms with E-state index in [4.69, 9.17) is 4.98 Å². The van der Waals surface area contributed by atoms with Crippen molar-refractivity contribution in [3.05, 3.63) is 101 Å². The van der Waals surface area contributed by atoms with Crippen LogP contribution >= 0.6 is 0 Å². The Morgan fingerprint density at radius 3 is 2.57 bits per heavy atom. The Balaban J connectivity index is 1.56. The third kappa shape index (κ3) is 1.74. The molecule has 0 amide bonds. The van der Waals surface area contributed by atoms with Gasteiger partial charge in [0.15, 0.2) is 0 Å². The van der Waals surface area contributed by atoms with E-state index in [0.717, 1.165) is 25.0 Å². The molecule has 132 valence electrons. The minimum absolute atomic E-state index is 0.876. The lowest BCUT2D eigenvalue weighted by Crippen LogP contribution is -2.26. The molecule has 3 heteroatoms. The molecule has 0 fully saturated rings. The molecule has 0 atom stereocenters. The molecule has 0 saturated heterocycles. The smallest absolute Gasteiger partial charge is 0.0717 e. The van der Waals surface area contributed by atoms with Gasteiger partial charge in [0.1, 0.15) is 0 Å². The van der Waals surface area contributed by atoms with E-state index in [-0.39, 0.29) is 0 Å². The van der Waals surface area contributed by atoms with E-state index in [9.17, 15) is 0 Å². The summed E-state index contributed by atoms with van der Waals surface area (Å²) >= 11 is 0. The van der Waals surface area contributed by atoms with Crippen molar-refractivity contribution < 1.29 is 0 Å². The molecule has 0 unspecified atom stereocenters. The van der Waals surface area contributed by atoms with Crippen LogP contribution in [-0.4, -0.2) is 9.97 Å². The quantitative estimate of drug-likeness (QED) is 0.367. The summed E-state index contributed by atoms with van der Waals surface area (Å²) in [5.41, 5.74) is 14.4. The summed E-state index contributed by atoms with van der Waals surface area (Å²) in [6, 6.07) is 19.8. The molecule has 2 aromatic heterocycles. The van der Waals surface area contributed by atoms with Crippen LogP contribution in [0.3, 0.4) is 0 Å². The molecule has 7 rings (SSSR count). The van der Waals surface area contributed by atoms with Crippen molar-refractivity contribution in [2.75, 3.05) is 4.90 Å². The monoisotopic (exact) mass is 359 g/mol. The number of pyridine rings is 2. The van der Waals surface area contributed by atoms with Crippen LogP contribution in [0.2, 0.25) is 0 Å². The molecule has 3 aliphatic rings. The highest BCUT2D eigenvalue weighted by atomic mass is 15.2. The predicted octanol–water partition coefficient (Wildman–Crippen LogP) is 5.33. The first-order chi connectivity index (χ1) is 13.9. The standard InChI is InChI=1S/C25H17N3/c1-2-5-18-15(4-1)12-16-7-8-22-19(24(16)18)14-21-25-17(9-11-27-21)13-20-23(28(22)25)6-3-10-26-20/h1-11H,12-14H2. The molecule has 4 aromatic rings. The zero-order valence-electron chi connectivity index (χ0n) is 15.3. The highest BCUT2D eigenvalue weighted by molar-refractivity contribution is 5.93. The summed E-state index contributed by atoms with van der Waals surface area (Å²) in [6.07, 6.45) is 6.65. The first kappa shape index (κ1) is 14.6. The molecule has 2 aliphatic heterocycles. The Kier molecular flexibility index (Phi) is 2.64.